The van der Waals surface area contributed by atoms with Gasteiger partial charge in [0.2, 0.25) is 0 Å². The Morgan fingerprint density at radius 1 is 0.750 bits per heavy atom. The topological polar surface area (TPSA) is 140 Å². The molecule has 0 aliphatic heterocycles. The van der Waals surface area contributed by atoms with Crippen LogP contribution in [0.3, 0.4) is 0 Å². The first-order valence-corrected chi connectivity index (χ1v) is 8.54. The minimum atomic E-state index is -1.81. The summed E-state index contributed by atoms with van der Waals surface area (Å²) >= 11 is 11.0. The molecule has 0 aromatic carbocycles. The molecule has 12 heteroatoms. The Morgan fingerprint density at radius 2 is 1.17 bits per heavy atom. The molecule has 0 radical (unpaired) electrons. The van der Waals surface area contributed by atoms with Crippen LogP contribution in [0.1, 0.15) is 0 Å². The Balaban J connectivity index is 4.85. The average molecular weight is 404 g/mol. The summed E-state index contributed by atoms with van der Waals surface area (Å²) < 4.78 is 14.0. The molecule has 0 fully saturated rings. The Bertz CT molecular complexity index is 421. The van der Waals surface area contributed by atoms with E-state index in [-0.39, 0.29) is 17.3 Å². The zero-order valence-electron chi connectivity index (χ0n) is 12.5. The molecular formula is C12H20O9S3. The molecule has 0 rings (SSSR count). The van der Waals surface area contributed by atoms with E-state index < -0.39 is 55.5 Å². The lowest BCUT2D eigenvalue weighted by Gasteiger charge is -2.29. The molecule has 9 nitrogen and oxygen atoms in total. The molecule has 4 unspecified atom stereocenters. The number of carbonyl (C=O) groups is 3. The van der Waals surface area contributed by atoms with Crippen molar-refractivity contribution in [3.8, 4) is 0 Å². The van der Waals surface area contributed by atoms with Gasteiger partial charge in [0.25, 0.3) is 0 Å². The maximum atomic E-state index is 11.3. The van der Waals surface area contributed by atoms with Crippen LogP contribution >= 0.6 is 37.9 Å². The number of aliphatic hydroxyl groups excluding tert-OH is 3. The van der Waals surface area contributed by atoms with E-state index >= 15 is 0 Å². The highest BCUT2D eigenvalue weighted by Gasteiger charge is 2.36. The lowest BCUT2D eigenvalue weighted by molar-refractivity contribution is -0.180. The smallest absolute Gasteiger partial charge is 0.316 e. The van der Waals surface area contributed by atoms with E-state index in [0.717, 1.165) is 0 Å². The summed E-state index contributed by atoms with van der Waals surface area (Å²) in [5, 5.41) is 29.8. The van der Waals surface area contributed by atoms with E-state index in [1.807, 2.05) is 0 Å². The van der Waals surface area contributed by atoms with E-state index in [0.29, 0.717) is 0 Å². The third-order valence-electron chi connectivity index (χ3n) is 2.60. The number of hydrogen-bond acceptors (Lipinski definition) is 12. The predicted octanol–water partition coefficient (Wildman–Crippen LogP) is -2.14. The van der Waals surface area contributed by atoms with Crippen LogP contribution in [0.4, 0.5) is 0 Å². The number of rotatable bonds is 11. The second kappa shape index (κ2) is 12.7. The van der Waals surface area contributed by atoms with Crippen molar-refractivity contribution in [3.05, 3.63) is 0 Å². The van der Waals surface area contributed by atoms with Crippen LogP contribution < -0.4 is 0 Å². The van der Waals surface area contributed by atoms with Crippen LogP contribution in [0.15, 0.2) is 0 Å². The van der Waals surface area contributed by atoms with E-state index in [1.165, 1.54) is 0 Å². The molecule has 0 aromatic rings. The summed E-state index contributed by atoms with van der Waals surface area (Å²) in [6.07, 6.45) is -6.75. The van der Waals surface area contributed by atoms with Crippen molar-refractivity contribution in [1.29, 1.82) is 0 Å². The van der Waals surface area contributed by atoms with E-state index in [2.05, 4.69) is 47.4 Å². The SMILES string of the molecule is O=C(CS)OCC(O)C(O)C(OC(=O)CS)C(O)COC(=O)CS. The standard InChI is InChI=1S/C12H20O9S3/c13-6(1-19-8(15)3-22)11(18)12(21-10(17)5-24)7(14)2-20-9(16)4-23/h6-7,11-14,18,22-24H,1-5H2. The number of hydrogen-bond donors (Lipinski definition) is 6. The van der Waals surface area contributed by atoms with Crippen molar-refractivity contribution in [1.82, 2.24) is 0 Å². The Hall–Kier alpha value is -0.660. The second-order valence-electron chi connectivity index (χ2n) is 4.42. The third-order valence-corrected chi connectivity index (χ3v) is 3.37. The van der Waals surface area contributed by atoms with Gasteiger partial charge in [0.05, 0.1) is 17.3 Å². The average Bonchev–Trinajstić information content (AvgIpc) is 2.60. The third kappa shape index (κ3) is 8.99. The fraction of sp³-hybridized carbons (Fsp3) is 0.750. The van der Waals surface area contributed by atoms with Crippen molar-refractivity contribution in [3.63, 3.8) is 0 Å². The molecular weight excluding hydrogens is 384 g/mol. The van der Waals surface area contributed by atoms with Gasteiger partial charge in [0, 0.05) is 0 Å². The summed E-state index contributed by atoms with van der Waals surface area (Å²) in [6.45, 7) is -1.22. The molecule has 0 aromatic heterocycles. The summed E-state index contributed by atoms with van der Waals surface area (Å²) in [7, 11) is 0. The van der Waals surface area contributed by atoms with Gasteiger partial charge in [-0.3, -0.25) is 14.4 Å². The molecule has 0 saturated carbocycles. The number of ether oxygens (including phenoxy) is 3. The minimum absolute atomic E-state index is 0.233. The van der Waals surface area contributed by atoms with Crippen LogP contribution in [0.2, 0.25) is 0 Å². The van der Waals surface area contributed by atoms with Crippen molar-refractivity contribution >= 4 is 55.8 Å². The minimum Gasteiger partial charge on any atom is -0.462 e. The summed E-state index contributed by atoms with van der Waals surface area (Å²) in [4.78, 5) is 33.3. The van der Waals surface area contributed by atoms with Crippen LogP contribution in [0.25, 0.3) is 0 Å². The maximum Gasteiger partial charge on any atom is 0.316 e. The highest BCUT2D eigenvalue weighted by atomic mass is 32.1. The van der Waals surface area contributed by atoms with Gasteiger partial charge in [-0.1, -0.05) is 0 Å². The fourth-order valence-corrected chi connectivity index (χ4v) is 1.68. The maximum absolute atomic E-state index is 11.3. The normalized spacial score (nSPS) is 15.8. The highest BCUT2D eigenvalue weighted by molar-refractivity contribution is 7.81. The lowest BCUT2D eigenvalue weighted by Crippen LogP contribution is -2.50. The first-order chi connectivity index (χ1) is 11.3. The van der Waals surface area contributed by atoms with Crippen LogP contribution in [-0.4, -0.2) is 88.1 Å². The van der Waals surface area contributed by atoms with Crippen LogP contribution in [0, 0.1) is 0 Å². The lowest BCUT2D eigenvalue weighted by atomic mass is 10.0. The quantitative estimate of drug-likeness (QED) is 0.129. The molecule has 140 valence electrons. The highest BCUT2D eigenvalue weighted by Crippen LogP contribution is 2.12. The van der Waals surface area contributed by atoms with E-state index in [9.17, 15) is 29.7 Å². The Kier molecular flexibility index (Phi) is 12.3. The Morgan fingerprint density at radius 3 is 1.58 bits per heavy atom. The summed E-state index contributed by atoms with van der Waals surface area (Å²) in [5.74, 6) is -3.19. The second-order valence-corrected chi connectivity index (χ2v) is 5.37. The van der Waals surface area contributed by atoms with E-state index in [4.69, 9.17) is 4.74 Å². The van der Waals surface area contributed by atoms with Gasteiger partial charge < -0.3 is 29.5 Å². The first kappa shape index (κ1) is 23.3. The van der Waals surface area contributed by atoms with Crippen molar-refractivity contribution in [2.45, 2.75) is 24.4 Å². The molecule has 0 spiro atoms. The van der Waals surface area contributed by atoms with Crippen LogP contribution in [0.5, 0.6) is 0 Å². The first-order valence-electron chi connectivity index (χ1n) is 6.64. The van der Waals surface area contributed by atoms with Gasteiger partial charge in [-0.15, -0.1) is 0 Å². The summed E-state index contributed by atoms with van der Waals surface area (Å²) in [6, 6.07) is 0. The van der Waals surface area contributed by atoms with Crippen molar-refractivity contribution < 1.29 is 43.9 Å². The van der Waals surface area contributed by atoms with Gasteiger partial charge in [0.15, 0.2) is 6.10 Å². The number of thiol groups is 3. The Labute approximate surface area is 154 Å². The van der Waals surface area contributed by atoms with Gasteiger partial charge in [-0.05, 0) is 0 Å². The molecule has 3 N–H and O–H groups in total. The zero-order valence-corrected chi connectivity index (χ0v) is 15.2. The molecule has 0 amide bonds. The van der Waals surface area contributed by atoms with Crippen LogP contribution in [-0.2, 0) is 28.6 Å². The van der Waals surface area contributed by atoms with Gasteiger partial charge in [-0.25, -0.2) is 0 Å². The van der Waals surface area contributed by atoms with Crippen molar-refractivity contribution in [2.24, 2.45) is 0 Å². The van der Waals surface area contributed by atoms with Gasteiger partial charge in [0.1, 0.15) is 31.5 Å². The van der Waals surface area contributed by atoms with Gasteiger partial charge >= 0.3 is 17.9 Å². The fourth-order valence-electron chi connectivity index (χ4n) is 1.43. The molecule has 0 heterocycles. The molecule has 4 atom stereocenters. The molecule has 0 saturated heterocycles. The number of esters is 3. The number of carbonyl (C=O) groups excluding carboxylic acids is 3. The zero-order chi connectivity index (χ0) is 18.7. The molecule has 24 heavy (non-hydrogen) atoms. The predicted molar refractivity (Wildman–Crippen MR) is 91.4 cm³/mol. The molecule has 0 aliphatic rings. The number of aliphatic hydroxyl groups is 3. The summed E-state index contributed by atoms with van der Waals surface area (Å²) in [5.41, 5.74) is 0. The molecule has 0 aliphatic carbocycles. The molecule has 0 bridgehead atoms. The largest absolute Gasteiger partial charge is 0.462 e. The monoisotopic (exact) mass is 404 g/mol. The van der Waals surface area contributed by atoms with Gasteiger partial charge in [-0.2, -0.15) is 37.9 Å². The van der Waals surface area contributed by atoms with Crippen molar-refractivity contribution in [2.75, 3.05) is 30.5 Å². The van der Waals surface area contributed by atoms with E-state index in [1.54, 1.807) is 0 Å².